The van der Waals surface area contributed by atoms with Gasteiger partial charge in [-0.3, -0.25) is 0 Å². The summed E-state index contributed by atoms with van der Waals surface area (Å²) in [5, 5.41) is 3.31. The minimum Gasteiger partial charge on any atom is -0.371 e. The summed E-state index contributed by atoms with van der Waals surface area (Å²) in [6.45, 7) is 2.40. The van der Waals surface area contributed by atoms with Crippen molar-refractivity contribution in [3.05, 3.63) is 46.5 Å². The smallest absolute Gasteiger partial charge is 0.323 e. The molecule has 1 atom stereocenters. The summed E-state index contributed by atoms with van der Waals surface area (Å²) in [7, 11) is 0. The summed E-state index contributed by atoms with van der Waals surface area (Å²) in [4.78, 5) is 16.6. The van der Waals surface area contributed by atoms with Crippen LogP contribution in [0.25, 0.3) is 11.3 Å². The number of ether oxygens (including phenoxy) is 1. The van der Waals surface area contributed by atoms with Crippen LogP contribution in [0.4, 0.5) is 0 Å². The molecular formula is C13H15N3O2. The zero-order valence-electron chi connectivity index (χ0n) is 9.90. The van der Waals surface area contributed by atoms with Crippen molar-refractivity contribution in [1.82, 2.24) is 15.3 Å². The average molecular weight is 245 g/mol. The molecule has 1 saturated heterocycles. The molecule has 5 nitrogen and oxygen atoms in total. The first-order valence-electron chi connectivity index (χ1n) is 6.04. The Hall–Kier alpha value is -1.85. The highest BCUT2D eigenvalue weighted by Crippen LogP contribution is 2.28. The zero-order valence-corrected chi connectivity index (χ0v) is 9.90. The Morgan fingerprint density at radius 2 is 2.17 bits per heavy atom. The summed E-state index contributed by atoms with van der Waals surface area (Å²) >= 11 is 0. The fraction of sp³-hybridized carbons (Fsp3) is 0.308. The first kappa shape index (κ1) is 11.3. The minimum absolute atomic E-state index is 0.0355. The van der Waals surface area contributed by atoms with Crippen LogP contribution in [0.5, 0.6) is 0 Å². The van der Waals surface area contributed by atoms with E-state index in [1.165, 1.54) is 0 Å². The lowest BCUT2D eigenvalue weighted by Gasteiger charge is -2.25. The van der Waals surface area contributed by atoms with Crippen LogP contribution in [0.3, 0.4) is 0 Å². The Morgan fingerprint density at radius 3 is 2.89 bits per heavy atom. The predicted octanol–water partition coefficient (Wildman–Crippen LogP) is 1.03. The van der Waals surface area contributed by atoms with Crippen molar-refractivity contribution in [3.63, 3.8) is 0 Å². The van der Waals surface area contributed by atoms with Gasteiger partial charge in [0.2, 0.25) is 0 Å². The van der Waals surface area contributed by atoms with Crippen molar-refractivity contribution in [1.29, 1.82) is 0 Å². The van der Waals surface area contributed by atoms with E-state index in [2.05, 4.69) is 15.3 Å². The molecule has 5 heteroatoms. The molecule has 1 fully saturated rings. The highest BCUT2D eigenvalue weighted by Gasteiger charge is 2.19. The average Bonchev–Trinajstić information content (AvgIpc) is 2.86. The summed E-state index contributed by atoms with van der Waals surface area (Å²) in [6, 6.07) is 7.98. The molecule has 0 radical (unpaired) electrons. The molecule has 0 saturated carbocycles. The van der Waals surface area contributed by atoms with Crippen molar-refractivity contribution < 1.29 is 4.74 Å². The number of aromatic nitrogens is 2. The van der Waals surface area contributed by atoms with Gasteiger partial charge < -0.3 is 20.0 Å². The van der Waals surface area contributed by atoms with Gasteiger partial charge in [0.25, 0.3) is 0 Å². The third kappa shape index (κ3) is 2.10. The standard InChI is InChI=1S/C13H15N3O2/c17-13-15-7-11(16-13)9-3-1-2-4-10(9)12-8-14-5-6-18-12/h1-4,7,12,14H,5-6,8H2,(H2,15,16,17). The Labute approximate surface area is 104 Å². The third-order valence-corrected chi connectivity index (χ3v) is 3.12. The fourth-order valence-electron chi connectivity index (χ4n) is 2.27. The van der Waals surface area contributed by atoms with Crippen molar-refractivity contribution in [2.24, 2.45) is 0 Å². The lowest BCUT2D eigenvalue weighted by atomic mass is 9.99. The second-order valence-electron chi connectivity index (χ2n) is 4.31. The Morgan fingerprint density at radius 1 is 1.28 bits per heavy atom. The molecule has 0 spiro atoms. The molecule has 1 aromatic carbocycles. The number of H-pyrrole nitrogens is 2. The first-order valence-corrected chi connectivity index (χ1v) is 6.04. The Balaban J connectivity index is 2.01. The molecule has 2 aromatic rings. The van der Waals surface area contributed by atoms with Gasteiger partial charge in [-0.25, -0.2) is 4.79 Å². The second-order valence-corrected chi connectivity index (χ2v) is 4.31. The summed E-state index contributed by atoms with van der Waals surface area (Å²) < 4.78 is 5.77. The van der Waals surface area contributed by atoms with Gasteiger partial charge in [0.05, 0.1) is 18.4 Å². The van der Waals surface area contributed by atoms with Gasteiger partial charge in [0.15, 0.2) is 0 Å². The highest BCUT2D eigenvalue weighted by atomic mass is 16.5. The maximum Gasteiger partial charge on any atom is 0.323 e. The molecule has 0 amide bonds. The molecule has 2 heterocycles. The molecule has 0 bridgehead atoms. The minimum atomic E-state index is -0.192. The first-order chi connectivity index (χ1) is 8.84. The summed E-state index contributed by atoms with van der Waals surface area (Å²) in [6.07, 6.45) is 1.73. The van der Waals surface area contributed by atoms with E-state index >= 15 is 0 Å². The van der Waals surface area contributed by atoms with Crippen LogP contribution in [0, 0.1) is 0 Å². The van der Waals surface area contributed by atoms with Gasteiger partial charge in [0, 0.05) is 24.8 Å². The summed E-state index contributed by atoms with van der Waals surface area (Å²) in [5.74, 6) is 0. The Bertz CT molecular complexity index is 582. The molecule has 3 N–H and O–H groups in total. The van der Waals surface area contributed by atoms with E-state index in [4.69, 9.17) is 4.74 Å². The number of nitrogens with one attached hydrogen (secondary N) is 3. The van der Waals surface area contributed by atoms with Crippen LogP contribution >= 0.6 is 0 Å². The number of hydrogen-bond acceptors (Lipinski definition) is 3. The maximum atomic E-state index is 11.2. The van der Waals surface area contributed by atoms with E-state index in [-0.39, 0.29) is 11.8 Å². The van der Waals surface area contributed by atoms with Gasteiger partial charge in [0.1, 0.15) is 0 Å². The van der Waals surface area contributed by atoms with Gasteiger partial charge in [-0.15, -0.1) is 0 Å². The third-order valence-electron chi connectivity index (χ3n) is 3.12. The molecular weight excluding hydrogens is 230 g/mol. The quantitative estimate of drug-likeness (QED) is 0.740. The molecule has 1 unspecified atom stereocenters. The monoisotopic (exact) mass is 245 g/mol. The van der Waals surface area contributed by atoms with E-state index in [0.717, 1.165) is 29.9 Å². The number of benzene rings is 1. The lowest BCUT2D eigenvalue weighted by Crippen LogP contribution is -2.33. The van der Waals surface area contributed by atoms with Crippen LogP contribution in [0.1, 0.15) is 11.7 Å². The molecule has 0 aliphatic carbocycles. The summed E-state index contributed by atoms with van der Waals surface area (Å²) in [5.41, 5.74) is 2.71. The zero-order chi connectivity index (χ0) is 12.4. The normalized spacial score (nSPS) is 19.9. The van der Waals surface area contributed by atoms with Crippen molar-refractivity contribution in [3.8, 4) is 11.3 Å². The lowest BCUT2D eigenvalue weighted by molar-refractivity contribution is 0.0280. The van der Waals surface area contributed by atoms with Crippen molar-refractivity contribution in [2.45, 2.75) is 6.10 Å². The second kappa shape index (κ2) is 4.80. The van der Waals surface area contributed by atoms with Crippen LogP contribution in [-0.2, 0) is 4.74 Å². The largest absolute Gasteiger partial charge is 0.371 e. The van der Waals surface area contributed by atoms with Crippen molar-refractivity contribution >= 4 is 0 Å². The SMILES string of the molecule is O=c1[nH]cc(-c2ccccc2C2CNCCO2)[nH]1. The predicted molar refractivity (Wildman–Crippen MR) is 68.4 cm³/mol. The molecule has 94 valence electrons. The van der Waals surface area contributed by atoms with Crippen LogP contribution in [0.15, 0.2) is 35.3 Å². The molecule has 1 aliphatic rings. The van der Waals surface area contributed by atoms with E-state index in [1.54, 1.807) is 6.20 Å². The van der Waals surface area contributed by atoms with Gasteiger partial charge in [-0.05, 0) is 5.56 Å². The maximum absolute atomic E-state index is 11.2. The van der Waals surface area contributed by atoms with Crippen LogP contribution < -0.4 is 11.0 Å². The Kier molecular flexibility index (Phi) is 3.00. The fourth-order valence-corrected chi connectivity index (χ4v) is 2.27. The highest BCUT2D eigenvalue weighted by molar-refractivity contribution is 5.63. The van der Waals surface area contributed by atoms with E-state index in [0.29, 0.717) is 6.61 Å². The molecule has 3 rings (SSSR count). The van der Waals surface area contributed by atoms with E-state index in [1.807, 2.05) is 24.3 Å². The number of rotatable bonds is 2. The number of hydrogen-bond donors (Lipinski definition) is 3. The van der Waals surface area contributed by atoms with Crippen LogP contribution in [0.2, 0.25) is 0 Å². The molecule has 1 aromatic heterocycles. The van der Waals surface area contributed by atoms with Gasteiger partial charge >= 0.3 is 5.69 Å². The van der Waals surface area contributed by atoms with Gasteiger partial charge in [-0.2, -0.15) is 0 Å². The molecule has 1 aliphatic heterocycles. The topological polar surface area (TPSA) is 69.9 Å². The number of imidazole rings is 1. The van der Waals surface area contributed by atoms with Gasteiger partial charge in [-0.1, -0.05) is 24.3 Å². The molecule has 18 heavy (non-hydrogen) atoms. The van der Waals surface area contributed by atoms with E-state index in [9.17, 15) is 4.79 Å². The van der Waals surface area contributed by atoms with Crippen LogP contribution in [-0.4, -0.2) is 29.7 Å². The van der Waals surface area contributed by atoms with Crippen molar-refractivity contribution in [2.75, 3.05) is 19.7 Å². The van der Waals surface area contributed by atoms with E-state index < -0.39 is 0 Å². The number of aromatic amines is 2. The number of morpholine rings is 1.